The van der Waals surface area contributed by atoms with E-state index in [-0.39, 0.29) is 5.41 Å². The van der Waals surface area contributed by atoms with E-state index in [2.05, 4.69) is 95.8 Å². The number of fused-ring (bicyclic) bond motifs is 1. The van der Waals surface area contributed by atoms with Gasteiger partial charge in [0.05, 0.1) is 0 Å². The van der Waals surface area contributed by atoms with Crippen LogP contribution in [0.1, 0.15) is 24.0 Å². The van der Waals surface area contributed by atoms with E-state index in [1.807, 2.05) is 0 Å². The summed E-state index contributed by atoms with van der Waals surface area (Å²) in [4.78, 5) is 2.79. The molecule has 0 bridgehead atoms. The smallest absolute Gasteiger partial charge is 0.259 e. The molecule has 2 aliphatic heterocycles. The molecule has 2 heteroatoms. The molecule has 1 nitrogen and oxygen atoms in total. The normalized spacial score (nSPS) is 21.7. The number of hydrogen-bond acceptors (Lipinski definition) is 1. The van der Waals surface area contributed by atoms with Crippen molar-refractivity contribution in [3.05, 3.63) is 102 Å². The topological polar surface area (TPSA) is 3.24 Å². The van der Waals surface area contributed by atoms with Crippen molar-refractivity contribution in [3.63, 3.8) is 0 Å². The Balaban J connectivity index is 1.70. The molecule has 0 radical (unpaired) electrons. The number of benzene rings is 3. The van der Waals surface area contributed by atoms with Crippen LogP contribution in [0.15, 0.2) is 91.0 Å². The van der Waals surface area contributed by atoms with Crippen LogP contribution < -0.4 is 5.46 Å². The largest absolute Gasteiger partial charge is 0.334 e. The molecule has 5 rings (SSSR count). The molecular formula is C24H24BN. The van der Waals surface area contributed by atoms with Gasteiger partial charge in [0.2, 0.25) is 0 Å². The molecular weight excluding hydrogens is 313 g/mol. The molecule has 1 atom stereocenters. The Bertz CT molecular complexity index is 823. The Kier molecular flexibility index (Phi) is 3.94. The third-order valence-corrected chi connectivity index (χ3v) is 6.54. The molecule has 26 heavy (non-hydrogen) atoms. The summed E-state index contributed by atoms with van der Waals surface area (Å²) in [6.07, 6.45) is 3.75. The van der Waals surface area contributed by atoms with Gasteiger partial charge >= 0.3 is 0 Å². The predicted molar refractivity (Wildman–Crippen MR) is 110 cm³/mol. The highest BCUT2D eigenvalue weighted by atomic mass is 15.2. The van der Waals surface area contributed by atoms with Gasteiger partial charge in [-0.2, -0.15) is 0 Å². The van der Waals surface area contributed by atoms with E-state index in [1.165, 1.54) is 36.0 Å². The van der Waals surface area contributed by atoms with Crippen molar-refractivity contribution in [2.45, 2.75) is 30.6 Å². The van der Waals surface area contributed by atoms with Crippen molar-refractivity contribution in [2.24, 2.45) is 0 Å². The Labute approximate surface area is 156 Å². The van der Waals surface area contributed by atoms with Crippen molar-refractivity contribution < 1.29 is 0 Å². The molecule has 0 aliphatic carbocycles. The van der Waals surface area contributed by atoms with Crippen LogP contribution in [0.25, 0.3) is 0 Å². The highest BCUT2D eigenvalue weighted by molar-refractivity contribution is 6.72. The first-order valence-electron chi connectivity index (χ1n) is 9.81. The van der Waals surface area contributed by atoms with E-state index in [4.69, 9.17) is 0 Å². The summed E-state index contributed by atoms with van der Waals surface area (Å²) in [6.45, 7) is 1.72. The highest BCUT2D eigenvalue weighted by Crippen LogP contribution is 2.51. The summed E-state index contributed by atoms with van der Waals surface area (Å²) in [5.41, 5.74) is 4.50. The van der Waals surface area contributed by atoms with Crippen molar-refractivity contribution in [3.8, 4) is 0 Å². The minimum absolute atomic E-state index is 0.0829. The molecule has 0 aromatic heterocycles. The standard InChI is InChI=1S/C24H24BN/c1-4-11-20(12-5-1)24(21-13-6-2-7-14-21)19-25(22-15-8-3-9-16-22)26-18-10-17-23(24)26/h1-9,11-16,23H,10,17-19H2/t23-/m1/s1. The minimum Gasteiger partial charge on any atom is -0.334 e. The fourth-order valence-electron chi connectivity index (χ4n) is 5.49. The van der Waals surface area contributed by atoms with E-state index < -0.39 is 0 Å². The Morgan fingerprint density at radius 3 is 1.85 bits per heavy atom. The van der Waals surface area contributed by atoms with Crippen molar-refractivity contribution in [1.29, 1.82) is 0 Å². The maximum absolute atomic E-state index is 2.79. The number of nitrogens with zero attached hydrogens (tertiary/aromatic N) is 1. The molecule has 0 N–H and O–H groups in total. The van der Waals surface area contributed by atoms with Gasteiger partial charge in [0.1, 0.15) is 0 Å². The molecule has 0 unspecified atom stereocenters. The van der Waals surface area contributed by atoms with Crippen LogP contribution in [0.5, 0.6) is 0 Å². The van der Waals surface area contributed by atoms with E-state index in [0.29, 0.717) is 12.9 Å². The molecule has 0 saturated carbocycles. The fraction of sp³-hybridized carbons (Fsp3) is 0.250. The van der Waals surface area contributed by atoms with E-state index in [9.17, 15) is 0 Å². The maximum atomic E-state index is 2.79. The van der Waals surface area contributed by atoms with Crippen LogP contribution in [0.2, 0.25) is 6.32 Å². The molecule has 2 fully saturated rings. The SMILES string of the molecule is c1ccc(B2CC(c3ccccc3)(c3ccccc3)[C@H]3CCCN23)cc1. The van der Waals surface area contributed by atoms with Gasteiger partial charge in [0.25, 0.3) is 6.85 Å². The van der Waals surface area contributed by atoms with E-state index in [0.717, 1.165) is 6.32 Å². The van der Waals surface area contributed by atoms with Crippen LogP contribution >= 0.6 is 0 Å². The molecule has 128 valence electrons. The van der Waals surface area contributed by atoms with Crippen LogP contribution in [-0.4, -0.2) is 24.2 Å². The fourth-order valence-corrected chi connectivity index (χ4v) is 5.49. The summed E-state index contributed by atoms with van der Waals surface area (Å²) in [6, 6.07) is 34.2. The van der Waals surface area contributed by atoms with Gasteiger partial charge in [-0.15, -0.1) is 0 Å². The average molecular weight is 337 g/mol. The molecule has 3 aromatic rings. The third kappa shape index (κ3) is 2.36. The second kappa shape index (κ2) is 6.44. The van der Waals surface area contributed by atoms with Crippen LogP contribution in [0, 0.1) is 0 Å². The van der Waals surface area contributed by atoms with Gasteiger partial charge in [-0.1, -0.05) is 96.5 Å². The first-order valence-corrected chi connectivity index (χ1v) is 9.81. The zero-order valence-corrected chi connectivity index (χ0v) is 15.1. The second-order valence-electron chi connectivity index (χ2n) is 7.73. The van der Waals surface area contributed by atoms with Crippen molar-refractivity contribution in [1.82, 2.24) is 4.81 Å². The summed E-state index contributed by atoms with van der Waals surface area (Å²) in [7, 11) is 0. The molecule has 3 aromatic carbocycles. The summed E-state index contributed by atoms with van der Waals surface area (Å²) in [5, 5.41) is 0. The lowest BCUT2D eigenvalue weighted by atomic mass is 9.48. The lowest BCUT2D eigenvalue weighted by Gasteiger charge is -2.37. The third-order valence-electron chi connectivity index (χ3n) is 6.54. The van der Waals surface area contributed by atoms with E-state index in [1.54, 1.807) is 0 Å². The first-order chi connectivity index (χ1) is 12.9. The molecule has 2 heterocycles. The number of hydrogen-bond donors (Lipinski definition) is 0. The van der Waals surface area contributed by atoms with Crippen LogP contribution in [0.4, 0.5) is 0 Å². The Morgan fingerprint density at radius 2 is 1.27 bits per heavy atom. The molecule has 2 saturated heterocycles. The predicted octanol–water partition coefficient (Wildman–Crippen LogP) is 4.35. The van der Waals surface area contributed by atoms with Gasteiger partial charge in [-0.05, 0) is 36.8 Å². The van der Waals surface area contributed by atoms with Gasteiger partial charge in [0.15, 0.2) is 0 Å². The van der Waals surface area contributed by atoms with Gasteiger partial charge in [-0.3, -0.25) is 0 Å². The van der Waals surface area contributed by atoms with Gasteiger partial charge in [0, 0.05) is 11.5 Å². The van der Waals surface area contributed by atoms with Gasteiger partial charge < -0.3 is 4.81 Å². The average Bonchev–Trinajstić information content (AvgIpc) is 3.32. The maximum Gasteiger partial charge on any atom is 0.259 e. The van der Waals surface area contributed by atoms with Crippen LogP contribution in [-0.2, 0) is 5.41 Å². The lowest BCUT2D eigenvalue weighted by Crippen LogP contribution is -2.45. The molecule has 0 spiro atoms. The van der Waals surface area contributed by atoms with Crippen molar-refractivity contribution in [2.75, 3.05) is 6.54 Å². The van der Waals surface area contributed by atoms with Gasteiger partial charge in [-0.25, -0.2) is 0 Å². The summed E-state index contributed by atoms with van der Waals surface area (Å²) < 4.78 is 0. The zero-order chi connectivity index (χ0) is 17.4. The zero-order valence-electron chi connectivity index (χ0n) is 15.1. The van der Waals surface area contributed by atoms with Crippen molar-refractivity contribution >= 4 is 12.3 Å². The lowest BCUT2D eigenvalue weighted by molar-refractivity contribution is 0.339. The Hall–Kier alpha value is -2.32. The van der Waals surface area contributed by atoms with Crippen LogP contribution in [0.3, 0.4) is 0 Å². The molecule has 2 aliphatic rings. The number of rotatable bonds is 3. The second-order valence-corrected chi connectivity index (χ2v) is 7.73. The summed E-state index contributed by atoms with van der Waals surface area (Å²) >= 11 is 0. The molecule has 0 amide bonds. The Morgan fingerprint density at radius 1 is 0.731 bits per heavy atom. The minimum atomic E-state index is 0.0829. The highest BCUT2D eigenvalue weighted by Gasteiger charge is 2.56. The van der Waals surface area contributed by atoms with E-state index >= 15 is 0 Å². The first kappa shape index (κ1) is 15.9. The summed E-state index contributed by atoms with van der Waals surface area (Å²) in [5.74, 6) is 0. The quantitative estimate of drug-likeness (QED) is 0.642. The monoisotopic (exact) mass is 337 g/mol.